The van der Waals surface area contributed by atoms with Crippen molar-refractivity contribution >= 4 is 12.6 Å². The molecule has 0 aliphatic rings. The molecule has 0 amide bonds. The van der Waals surface area contributed by atoms with E-state index in [1.807, 2.05) is 0 Å². The first-order valence-electron chi connectivity index (χ1n) is 1.89. The summed E-state index contributed by atoms with van der Waals surface area (Å²) < 4.78 is 0. The molecule has 0 fully saturated rings. The largest absolute Gasteiger partial charge is 0.393 e. The highest BCUT2D eigenvalue weighted by atomic mass is 32.1. The van der Waals surface area contributed by atoms with Crippen LogP contribution in [-0.2, 0) is 0 Å². The molecule has 0 rings (SSSR count). The smallest absolute Gasteiger partial charge is 0.0549 e. The van der Waals surface area contributed by atoms with E-state index in [9.17, 15) is 0 Å². The SMILES string of the molecule is [CH2]C(O)CCS. The maximum atomic E-state index is 8.39. The predicted octanol–water partition coefficient (Wildman–Crippen LogP) is 0.501. The van der Waals surface area contributed by atoms with Gasteiger partial charge in [-0.15, -0.1) is 0 Å². The average Bonchev–Trinajstić information content (AvgIpc) is 1.35. The number of thiol groups is 1. The van der Waals surface area contributed by atoms with Gasteiger partial charge in [-0.3, -0.25) is 0 Å². The molecule has 0 heterocycles. The summed E-state index contributed by atoms with van der Waals surface area (Å²) in [6, 6.07) is 0. The van der Waals surface area contributed by atoms with Crippen molar-refractivity contribution < 1.29 is 5.11 Å². The van der Waals surface area contributed by atoms with Crippen LogP contribution in [0.25, 0.3) is 0 Å². The molecule has 0 aliphatic heterocycles. The topological polar surface area (TPSA) is 20.2 Å². The van der Waals surface area contributed by atoms with Crippen LogP contribution in [0.15, 0.2) is 0 Å². The minimum atomic E-state index is -0.428. The molecule has 0 saturated heterocycles. The van der Waals surface area contributed by atoms with Gasteiger partial charge in [0.25, 0.3) is 0 Å². The zero-order valence-electron chi connectivity index (χ0n) is 3.59. The van der Waals surface area contributed by atoms with Gasteiger partial charge in [-0.1, -0.05) is 0 Å². The first-order chi connectivity index (χ1) is 2.77. The molecule has 37 valence electrons. The van der Waals surface area contributed by atoms with Crippen LogP contribution in [-0.4, -0.2) is 17.0 Å². The van der Waals surface area contributed by atoms with Crippen molar-refractivity contribution in [3.63, 3.8) is 0 Å². The van der Waals surface area contributed by atoms with E-state index in [1.165, 1.54) is 0 Å². The Balaban J connectivity index is 2.63. The first-order valence-corrected chi connectivity index (χ1v) is 2.52. The molecule has 1 nitrogen and oxygen atoms in total. The molecular formula is C4H9OS. The fourth-order valence-corrected chi connectivity index (χ4v) is 0.447. The van der Waals surface area contributed by atoms with Gasteiger partial charge in [-0.25, -0.2) is 0 Å². The van der Waals surface area contributed by atoms with Gasteiger partial charge in [0.2, 0.25) is 0 Å². The lowest BCUT2D eigenvalue weighted by molar-refractivity contribution is 0.218. The molecule has 0 aromatic carbocycles. The van der Waals surface area contributed by atoms with Crippen molar-refractivity contribution in [1.82, 2.24) is 0 Å². The zero-order chi connectivity index (χ0) is 4.99. The van der Waals surface area contributed by atoms with Crippen LogP contribution in [0.3, 0.4) is 0 Å². The maximum Gasteiger partial charge on any atom is 0.0549 e. The van der Waals surface area contributed by atoms with Crippen molar-refractivity contribution in [1.29, 1.82) is 0 Å². The molecule has 6 heavy (non-hydrogen) atoms. The Hall–Kier alpha value is 0.310. The Morgan fingerprint density at radius 3 is 2.33 bits per heavy atom. The predicted molar refractivity (Wildman–Crippen MR) is 29.8 cm³/mol. The van der Waals surface area contributed by atoms with E-state index in [1.54, 1.807) is 0 Å². The molecule has 2 heteroatoms. The Morgan fingerprint density at radius 1 is 1.83 bits per heavy atom. The second-order valence-electron chi connectivity index (χ2n) is 1.17. The quantitative estimate of drug-likeness (QED) is 0.490. The minimum Gasteiger partial charge on any atom is -0.393 e. The minimum absolute atomic E-state index is 0.428. The summed E-state index contributed by atoms with van der Waals surface area (Å²) in [7, 11) is 0. The summed E-state index contributed by atoms with van der Waals surface area (Å²) in [5, 5.41) is 8.39. The van der Waals surface area contributed by atoms with Gasteiger partial charge in [-0.2, -0.15) is 12.6 Å². The molecule has 0 bridgehead atoms. The van der Waals surface area contributed by atoms with Gasteiger partial charge in [0.1, 0.15) is 0 Å². The van der Waals surface area contributed by atoms with Crippen LogP contribution < -0.4 is 0 Å². The third-order valence-corrected chi connectivity index (χ3v) is 0.721. The number of hydrogen-bond acceptors (Lipinski definition) is 2. The first kappa shape index (κ1) is 6.31. The summed E-state index contributed by atoms with van der Waals surface area (Å²) in [4.78, 5) is 0. The third kappa shape index (κ3) is 4.31. The summed E-state index contributed by atoms with van der Waals surface area (Å²) in [5.41, 5.74) is 0. The van der Waals surface area contributed by atoms with E-state index in [0.29, 0.717) is 12.2 Å². The Bertz CT molecular complexity index is 28.7. The maximum absolute atomic E-state index is 8.39. The van der Waals surface area contributed by atoms with Crippen molar-refractivity contribution in [3.05, 3.63) is 6.92 Å². The Morgan fingerprint density at radius 2 is 2.33 bits per heavy atom. The van der Waals surface area contributed by atoms with Crippen LogP contribution in [0.5, 0.6) is 0 Å². The summed E-state index contributed by atoms with van der Waals surface area (Å²) in [6.45, 7) is 3.33. The van der Waals surface area contributed by atoms with Crippen molar-refractivity contribution in [2.45, 2.75) is 12.5 Å². The summed E-state index contributed by atoms with van der Waals surface area (Å²) in [6.07, 6.45) is 0.255. The fraction of sp³-hybridized carbons (Fsp3) is 0.750. The molecule has 1 radical (unpaired) electrons. The second kappa shape index (κ2) is 3.50. The van der Waals surface area contributed by atoms with Crippen LogP contribution in [0.4, 0.5) is 0 Å². The highest BCUT2D eigenvalue weighted by molar-refractivity contribution is 7.80. The van der Waals surface area contributed by atoms with E-state index in [2.05, 4.69) is 19.6 Å². The van der Waals surface area contributed by atoms with E-state index in [4.69, 9.17) is 5.11 Å². The van der Waals surface area contributed by atoms with Crippen molar-refractivity contribution in [2.24, 2.45) is 0 Å². The lowest BCUT2D eigenvalue weighted by Crippen LogP contribution is -1.98. The van der Waals surface area contributed by atoms with Crippen molar-refractivity contribution in [2.75, 3.05) is 5.75 Å². The van der Waals surface area contributed by atoms with E-state index in [0.717, 1.165) is 0 Å². The summed E-state index contributed by atoms with van der Waals surface area (Å²) >= 11 is 3.86. The van der Waals surface area contributed by atoms with Gasteiger partial charge in [0, 0.05) is 0 Å². The molecular weight excluding hydrogens is 96.1 g/mol. The molecule has 1 N–H and O–H groups in total. The number of aliphatic hydroxyl groups excluding tert-OH is 1. The average molecular weight is 105 g/mol. The van der Waals surface area contributed by atoms with E-state index < -0.39 is 6.10 Å². The molecule has 1 atom stereocenters. The molecule has 0 aromatic rings. The van der Waals surface area contributed by atoms with Crippen LogP contribution in [0.1, 0.15) is 6.42 Å². The molecule has 0 aromatic heterocycles. The van der Waals surface area contributed by atoms with Gasteiger partial charge >= 0.3 is 0 Å². The normalized spacial score (nSPS) is 14.5. The lowest BCUT2D eigenvalue weighted by Gasteiger charge is -1.94. The molecule has 0 spiro atoms. The molecule has 0 aliphatic carbocycles. The van der Waals surface area contributed by atoms with Crippen LogP contribution in [0.2, 0.25) is 0 Å². The Labute approximate surface area is 43.8 Å². The monoisotopic (exact) mass is 105 g/mol. The fourth-order valence-electron chi connectivity index (χ4n) is 0.149. The Kier molecular flexibility index (Phi) is 3.68. The lowest BCUT2D eigenvalue weighted by atomic mass is 10.3. The zero-order valence-corrected chi connectivity index (χ0v) is 4.49. The summed E-state index contributed by atoms with van der Waals surface area (Å²) in [5.74, 6) is 0.713. The highest BCUT2D eigenvalue weighted by Crippen LogP contribution is 1.88. The number of aliphatic hydroxyl groups is 1. The highest BCUT2D eigenvalue weighted by Gasteiger charge is 1.88. The van der Waals surface area contributed by atoms with Crippen LogP contribution >= 0.6 is 12.6 Å². The van der Waals surface area contributed by atoms with Gasteiger partial charge in [-0.05, 0) is 19.1 Å². The van der Waals surface area contributed by atoms with E-state index in [-0.39, 0.29) is 0 Å². The standard InChI is InChI=1S/C4H9OS/c1-4(5)2-3-6/h4-6H,1-3H2. The van der Waals surface area contributed by atoms with Gasteiger partial charge in [0.15, 0.2) is 0 Å². The third-order valence-electron chi connectivity index (χ3n) is 0.462. The van der Waals surface area contributed by atoms with E-state index >= 15 is 0 Å². The molecule has 0 saturated carbocycles. The second-order valence-corrected chi connectivity index (χ2v) is 1.61. The van der Waals surface area contributed by atoms with Crippen LogP contribution in [0, 0.1) is 6.92 Å². The van der Waals surface area contributed by atoms with Gasteiger partial charge < -0.3 is 5.11 Å². The van der Waals surface area contributed by atoms with Crippen molar-refractivity contribution in [3.8, 4) is 0 Å². The number of rotatable bonds is 2. The number of hydrogen-bond donors (Lipinski definition) is 2. The molecule has 1 unspecified atom stereocenters. The van der Waals surface area contributed by atoms with Gasteiger partial charge in [0.05, 0.1) is 6.10 Å².